The Morgan fingerprint density at radius 2 is 1.60 bits per heavy atom. The fourth-order valence-corrected chi connectivity index (χ4v) is 7.38. The predicted molar refractivity (Wildman–Crippen MR) is 142 cm³/mol. The molecule has 2 amide bonds. The monoisotopic (exact) mass is 626 g/mol. The third kappa shape index (κ3) is 7.74. The highest BCUT2D eigenvalue weighted by Gasteiger charge is 2.42. The Bertz CT molecular complexity index is 1390. The Morgan fingerprint density at radius 3 is 2.07 bits per heavy atom. The van der Waals surface area contributed by atoms with Gasteiger partial charge in [-0.3, -0.25) is 0 Å². The van der Waals surface area contributed by atoms with E-state index in [-0.39, 0.29) is 25.5 Å². The van der Waals surface area contributed by atoms with Crippen molar-refractivity contribution < 1.29 is 49.1 Å². The van der Waals surface area contributed by atoms with Gasteiger partial charge in [-0.05, 0) is 87.6 Å². The standard InChI is InChI=1S/C28H33F7N2O4S/c1-16-10-21(29)6-7-23(16)24-14-22(42(40,41)15-26(3,4)39)8-9-37(24)25(38)36(5)17(2)18-11-19(27(30,31)32)13-20(12-18)28(33,34)35/h6-7,10-13,17,22,24,39H,8-9,14-15H2,1-5H3/t17-,22-,24+/m0/s1. The number of piperidine rings is 1. The molecule has 1 saturated heterocycles. The van der Waals surface area contributed by atoms with Crippen molar-refractivity contribution in [2.45, 2.75) is 75.8 Å². The molecule has 0 spiro atoms. The number of benzene rings is 2. The zero-order valence-corrected chi connectivity index (χ0v) is 24.5. The van der Waals surface area contributed by atoms with Gasteiger partial charge in [0.15, 0.2) is 9.84 Å². The first-order valence-corrected chi connectivity index (χ1v) is 14.8. The maximum atomic E-state index is 13.9. The average Bonchev–Trinajstić information content (AvgIpc) is 2.84. The number of rotatable bonds is 6. The second kappa shape index (κ2) is 11.7. The molecule has 0 radical (unpaired) electrons. The Kier molecular flexibility index (Phi) is 9.34. The van der Waals surface area contributed by atoms with Gasteiger partial charge < -0.3 is 14.9 Å². The molecule has 14 heteroatoms. The van der Waals surface area contributed by atoms with Gasteiger partial charge in [0.1, 0.15) is 5.82 Å². The molecule has 0 bridgehead atoms. The van der Waals surface area contributed by atoms with Crippen molar-refractivity contribution >= 4 is 15.9 Å². The van der Waals surface area contributed by atoms with Gasteiger partial charge in [0.05, 0.1) is 39.8 Å². The lowest BCUT2D eigenvalue weighted by molar-refractivity contribution is -0.143. The van der Waals surface area contributed by atoms with Crippen LogP contribution < -0.4 is 0 Å². The molecule has 2 aromatic carbocycles. The summed E-state index contributed by atoms with van der Waals surface area (Å²) in [4.78, 5) is 16.1. The minimum atomic E-state index is -5.07. The van der Waals surface area contributed by atoms with Gasteiger partial charge in [0.2, 0.25) is 0 Å². The summed E-state index contributed by atoms with van der Waals surface area (Å²) in [5.41, 5.74) is -4.10. The molecule has 3 rings (SSSR count). The zero-order chi connectivity index (χ0) is 32.0. The van der Waals surface area contributed by atoms with E-state index in [0.29, 0.717) is 23.3 Å². The third-order valence-electron chi connectivity index (χ3n) is 7.43. The Balaban J connectivity index is 2.01. The quantitative estimate of drug-likeness (QED) is 0.363. The SMILES string of the molecule is Cc1cc(F)ccc1[C@H]1C[C@@H](S(=O)(=O)CC(C)(C)O)CCN1C(=O)N(C)[C@@H](C)c1cc(C(F)(F)F)cc(C(F)(F)F)c1. The molecule has 2 aromatic rings. The molecular weight excluding hydrogens is 593 g/mol. The minimum absolute atomic E-state index is 0.00423. The lowest BCUT2D eigenvalue weighted by atomic mass is 9.92. The highest BCUT2D eigenvalue weighted by atomic mass is 32.2. The van der Waals surface area contributed by atoms with Crippen molar-refractivity contribution in [3.05, 3.63) is 70.0 Å². The lowest BCUT2D eigenvalue weighted by Crippen LogP contribution is -2.50. The van der Waals surface area contributed by atoms with E-state index in [4.69, 9.17) is 0 Å². The summed E-state index contributed by atoms with van der Waals surface area (Å²) < 4.78 is 121. The lowest BCUT2D eigenvalue weighted by Gasteiger charge is -2.43. The highest BCUT2D eigenvalue weighted by molar-refractivity contribution is 7.92. The normalized spacial score (nSPS) is 19.5. The smallest absolute Gasteiger partial charge is 0.389 e. The summed E-state index contributed by atoms with van der Waals surface area (Å²) in [6.07, 6.45) is -10.3. The number of sulfone groups is 1. The van der Waals surface area contributed by atoms with E-state index in [0.717, 1.165) is 11.0 Å². The second-order valence-electron chi connectivity index (χ2n) is 11.4. The van der Waals surface area contributed by atoms with Crippen molar-refractivity contribution in [1.82, 2.24) is 9.80 Å². The van der Waals surface area contributed by atoms with E-state index in [1.165, 1.54) is 44.9 Å². The van der Waals surface area contributed by atoms with Gasteiger partial charge >= 0.3 is 18.4 Å². The number of aryl methyl sites for hydroxylation is 1. The molecule has 0 saturated carbocycles. The van der Waals surface area contributed by atoms with Crippen molar-refractivity contribution in [3.63, 3.8) is 0 Å². The van der Waals surface area contributed by atoms with Gasteiger partial charge in [-0.2, -0.15) is 26.3 Å². The number of halogens is 7. The van der Waals surface area contributed by atoms with E-state index in [1.54, 1.807) is 6.92 Å². The fraction of sp³-hybridized carbons (Fsp3) is 0.536. The molecule has 1 aliphatic heterocycles. The Labute approximate surface area is 240 Å². The zero-order valence-electron chi connectivity index (χ0n) is 23.6. The summed E-state index contributed by atoms with van der Waals surface area (Å²) in [7, 11) is -2.63. The van der Waals surface area contributed by atoms with E-state index < -0.39 is 79.4 Å². The number of carbonyl (C=O) groups excluding carboxylic acids is 1. The van der Waals surface area contributed by atoms with Gasteiger partial charge in [0.25, 0.3) is 0 Å². The number of amides is 2. The minimum Gasteiger partial charge on any atom is -0.389 e. The van der Waals surface area contributed by atoms with E-state index in [1.807, 2.05) is 0 Å². The van der Waals surface area contributed by atoms with Crippen LogP contribution in [-0.2, 0) is 22.2 Å². The molecule has 0 unspecified atom stereocenters. The number of hydrogen-bond donors (Lipinski definition) is 1. The van der Waals surface area contributed by atoms with Gasteiger partial charge in [-0.15, -0.1) is 0 Å². The van der Waals surface area contributed by atoms with Gasteiger partial charge in [0, 0.05) is 13.6 Å². The van der Waals surface area contributed by atoms with Crippen LogP contribution in [0.15, 0.2) is 36.4 Å². The summed E-state index contributed by atoms with van der Waals surface area (Å²) in [5, 5.41) is 9.16. The van der Waals surface area contributed by atoms with E-state index >= 15 is 0 Å². The molecule has 1 aliphatic rings. The van der Waals surface area contributed by atoms with Crippen LogP contribution in [0.5, 0.6) is 0 Å². The van der Waals surface area contributed by atoms with Crippen LogP contribution in [0.1, 0.15) is 73.5 Å². The van der Waals surface area contributed by atoms with Crippen molar-refractivity contribution in [3.8, 4) is 0 Å². The predicted octanol–water partition coefficient (Wildman–Crippen LogP) is 6.68. The molecule has 234 valence electrons. The number of carbonyl (C=O) groups is 1. The highest BCUT2D eigenvalue weighted by Crippen LogP contribution is 2.40. The topological polar surface area (TPSA) is 77.9 Å². The number of hydrogen-bond acceptors (Lipinski definition) is 4. The molecule has 1 fully saturated rings. The number of urea groups is 1. The fourth-order valence-electron chi connectivity index (χ4n) is 5.22. The average molecular weight is 627 g/mol. The van der Waals surface area contributed by atoms with Gasteiger partial charge in [-0.1, -0.05) is 6.07 Å². The number of aliphatic hydroxyl groups is 1. The van der Waals surface area contributed by atoms with Gasteiger partial charge in [-0.25, -0.2) is 17.6 Å². The number of likely N-dealkylation sites (tertiary alicyclic amines) is 1. The second-order valence-corrected chi connectivity index (χ2v) is 13.7. The van der Waals surface area contributed by atoms with Crippen molar-refractivity contribution in [2.75, 3.05) is 19.3 Å². The molecule has 6 nitrogen and oxygen atoms in total. The third-order valence-corrected chi connectivity index (χ3v) is 9.98. The molecule has 0 aliphatic carbocycles. The summed E-state index contributed by atoms with van der Waals surface area (Å²) in [6, 6.07) is 1.97. The van der Waals surface area contributed by atoms with E-state index in [2.05, 4.69) is 0 Å². The van der Waals surface area contributed by atoms with Crippen LogP contribution in [0.25, 0.3) is 0 Å². The molecule has 1 heterocycles. The number of nitrogens with zero attached hydrogens (tertiary/aromatic N) is 2. The van der Waals surface area contributed by atoms with Crippen LogP contribution in [-0.4, -0.2) is 59.6 Å². The van der Waals surface area contributed by atoms with Crippen molar-refractivity contribution in [2.24, 2.45) is 0 Å². The number of alkyl halides is 6. The first kappa shape index (κ1) is 33.6. The van der Waals surface area contributed by atoms with Crippen LogP contribution in [0.4, 0.5) is 35.5 Å². The summed E-state index contributed by atoms with van der Waals surface area (Å²) in [6.45, 7) is 5.43. The first-order chi connectivity index (χ1) is 19.0. The molecular formula is C28H33F7N2O4S. The molecule has 0 aromatic heterocycles. The maximum Gasteiger partial charge on any atom is 0.416 e. The molecule has 1 N–H and O–H groups in total. The maximum absolute atomic E-state index is 13.9. The van der Waals surface area contributed by atoms with Crippen molar-refractivity contribution in [1.29, 1.82) is 0 Å². The van der Waals surface area contributed by atoms with Crippen LogP contribution in [0, 0.1) is 12.7 Å². The summed E-state index contributed by atoms with van der Waals surface area (Å²) in [5.74, 6) is -1.10. The van der Waals surface area contributed by atoms with Crippen LogP contribution in [0.2, 0.25) is 0 Å². The first-order valence-electron chi connectivity index (χ1n) is 13.0. The largest absolute Gasteiger partial charge is 0.416 e. The summed E-state index contributed by atoms with van der Waals surface area (Å²) >= 11 is 0. The Morgan fingerprint density at radius 1 is 1.05 bits per heavy atom. The van der Waals surface area contributed by atoms with Crippen LogP contribution in [0.3, 0.4) is 0 Å². The van der Waals surface area contributed by atoms with Crippen LogP contribution >= 0.6 is 0 Å². The molecule has 42 heavy (non-hydrogen) atoms. The Hall–Kier alpha value is -2.87. The molecule has 3 atom stereocenters. The van der Waals surface area contributed by atoms with E-state index in [9.17, 15) is 49.1 Å².